The Morgan fingerprint density at radius 2 is 2.07 bits per heavy atom. The van der Waals surface area contributed by atoms with Crippen molar-refractivity contribution in [3.05, 3.63) is 0 Å². The molecule has 0 aromatic heterocycles. The van der Waals surface area contributed by atoms with Crippen molar-refractivity contribution >= 4 is 11.8 Å². The quantitative estimate of drug-likeness (QED) is 0.465. The zero-order chi connectivity index (χ0) is 10.4. The first kappa shape index (κ1) is 11.0. The van der Waals surface area contributed by atoms with Crippen LogP contribution in [0.4, 0.5) is 0 Å². The molecule has 14 heavy (non-hydrogen) atoms. The van der Waals surface area contributed by atoms with Gasteiger partial charge in [-0.25, -0.2) is 0 Å². The molecule has 0 aromatic rings. The Labute approximate surface area is 83.4 Å². The second-order valence-electron chi connectivity index (χ2n) is 3.57. The molecular weight excluding hydrogens is 182 g/mol. The lowest BCUT2D eigenvalue weighted by molar-refractivity contribution is -0.121. The van der Waals surface area contributed by atoms with E-state index in [0.29, 0.717) is 32.0 Å². The normalized spacial score (nSPS) is 15.1. The Hall–Kier alpha value is -1.10. The summed E-state index contributed by atoms with van der Waals surface area (Å²) in [5.74, 6) is -0.336. The Morgan fingerprint density at radius 3 is 2.64 bits per heavy atom. The van der Waals surface area contributed by atoms with Gasteiger partial charge in [-0.3, -0.25) is 9.59 Å². The number of hydrogen-bond acceptors (Lipinski definition) is 3. The van der Waals surface area contributed by atoms with E-state index in [1.54, 1.807) is 0 Å². The number of amides is 2. The molecule has 80 valence electrons. The highest BCUT2D eigenvalue weighted by Crippen LogP contribution is 2.17. The molecule has 5 heteroatoms. The summed E-state index contributed by atoms with van der Waals surface area (Å²) in [6.45, 7) is 0.898. The van der Waals surface area contributed by atoms with E-state index < -0.39 is 0 Å². The number of rotatable bonds is 7. The third kappa shape index (κ3) is 5.53. The molecule has 1 rings (SSSR count). The maximum Gasteiger partial charge on any atom is 0.233 e. The van der Waals surface area contributed by atoms with Crippen molar-refractivity contribution in [2.45, 2.75) is 31.7 Å². The minimum absolute atomic E-state index is 0.0126. The first-order chi connectivity index (χ1) is 6.68. The van der Waals surface area contributed by atoms with Gasteiger partial charge in [-0.1, -0.05) is 0 Å². The van der Waals surface area contributed by atoms with Crippen molar-refractivity contribution in [1.82, 2.24) is 10.6 Å². The van der Waals surface area contributed by atoms with Crippen LogP contribution in [-0.4, -0.2) is 30.9 Å². The van der Waals surface area contributed by atoms with Crippen LogP contribution in [0.25, 0.3) is 0 Å². The van der Waals surface area contributed by atoms with Crippen molar-refractivity contribution < 1.29 is 9.59 Å². The maximum atomic E-state index is 11.1. The molecule has 0 spiro atoms. The van der Waals surface area contributed by atoms with Crippen LogP contribution in [0.5, 0.6) is 0 Å². The maximum absolute atomic E-state index is 11.1. The number of carbonyl (C=O) groups is 2. The minimum atomic E-state index is -0.324. The molecule has 1 aliphatic carbocycles. The summed E-state index contributed by atoms with van der Waals surface area (Å²) < 4.78 is 0. The fourth-order valence-corrected chi connectivity index (χ4v) is 1.08. The van der Waals surface area contributed by atoms with E-state index in [9.17, 15) is 9.59 Å². The summed E-state index contributed by atoms with van der Waals surface area (Å²) in [4.78, 5) is 21.5. The number of hydrogen-bond donors (Lipinski definition) is 3. The summed E-state index contributed by atoms with van der Waals surface area (Å²) in [5, 5.41) is 5.81. The van der Waals surface area contributed by atoms with Crippen molar-refractivity contribution in [3.63, 3.8) is 0 Å². The van der Waals surface area contributed by atoms with Crippen LogP contribution in [-0.2, 0) is 9.59 Å². The first-order valence-corrected chi connectivity index (χ1v) is 4.97. The van der Waals surface area contributed by atoms with Gasteiger partial charge in [0.05, 0.1) is 6.54 Å². The summed E-state index contributed by atoms with van der Waals surface area (Å²) >= 11 is 0. The zero-order valence-corrected chi connectivity index (χ0v) is 8.21. The zero-order valence-electron chi connectivity index (χ0n) is 8.21. The Balaban J connectivity index is 1.88. The lowest BCUT2D eigenvalue weighted by Crippen LogP contribution is -2.35. The van der Waals surface area contributed by atoms with E-state index >= 15 is 0 Å². The van der Waals surface area contributed by atoms with Gasteiger partial charge in [-0.05, 0) is 19.3 Å². The smallest absolute Gasteiger partial charge is 0.233 e. The largest absolute Gasteiger partial charge is 0.370 e. The third-order valence-corrected chi connectivity index (χ3v) is 2.05. The predicted molar refractivity (Wildman–Crippen MR) is 52.5 cm³/mol. The van der Waals surface area contributed by atoms with Crippen LogP contribution in [0.1, 0.15) is 25.7 Å². The molecule has 1 saturated carbocycles. The number of nitrogens with two attached hydrogens (primary N) is 1. The Bertz CT molecular complexity index is 214. The van der Waals surface area contributed by atoms with E-state index in [1.165, 1.54) is 12.8 Å². The van der Waals surface area contributed by atoms with Crippen LogP contribution in [0.3, 0.4) is 0 Å². The second kappa shape index (κ2) is 5.59. The molecule has 1 fully saturated rings. The molecule has 2 amide bonds. The molecule has 0 atom stereocenters. The average molecular weight is 199 g/mol. The van der Waals surface area contributed by atoms with Crippen LogP contribution in [0.15, 0.2) is 0 Å². The SMILES string of the molecule is NC(=O)CCCNC(=O)CNC1CC1. The molecule has 0 heterocycles. The molecule has 0 saturated heterocycles. The Morgan fingerprint density at radius 1 is 1.36 bits per heavy atom. The lowest BCUT2D eigenvalue weighted by atomic mass is 10.3. The van der Waals surface area contributed by atoms with E-state index in [1.807, 2.05) is 0 Å². The van der Waals surface area contributed by atoms with Crippen molar-refractivity contribution in [2.24, 2.45) is 5.73 Å². The number of nitrogens with one attached hydrogen (secondary N) is 2. The van der Waals surface area contributed by atoms with Crippen molar-refractivity contribution in [3.8, 4) is 0 Å². The topological polar surface area (TPSA) is 84.2 Å². The van der Waals surface area contributed by atoms with Gasteiger partial charge in [0.25, 0.3) is 0 Å². The summed E-state index contributed by atoms with van der Waals surface area (Å²) in [6, 6.07) is 0.548. The van der Waals surface area contributed by atoms with Gasteiger partial charge < -0.3 is 16.4 Å². The molecule has 4 N–H and O–H groups in total. The van der Waals surface area contributed by atoms with Gasteiger partial charge in [0.15, 0.2) is 0 Å². The van der Waals surface area contributed by atoms with Crippen LogP contribution >= 0.6 is 0 Å². The molecule has 0 aliphatic heterocycles. The highest BCUT2D eigenvalue weighted by atomic mass is 16.2. The van der Waals surface area contributed by atoms with Gasteiger partial charge in [0.1, 0.15) is 0 Å². The molecule has 1 aliphatic rings. The van der Waals surface area contributed by atoms with E-state index in [2.05, 4.69) is 10.6 Å². The van der Waals surface area contributed by atoms with Crippen LogP contribution in [0, 0.1) is 0 Å². The average Bonchev–Trinajstić information content (AvgIpc) is 2.92. The fourth-order valence-electron chi connectivity index (χ4n) is 1.08. The molecule has 0 aromatic carbocycles. The monoisotopic (exact) mass is 199 g/mol. The van der Waals surface area contributed by atoms with E-state index in [4.69, 9.17) is 5.73 Å². The molecular formula is C9H17N3O2. The van der Waals surface area contributed by atoms with Crippen molar-refractivity contribution in [2.75, 3.05) is 13.1 Å². The highest BCUT2D eigenvalue weighted by molar-refractivity contribution is 5.78. The van der Waals surface area contributed by atoms with Gasteiger partial charge in [0.2, 0.25) is 11.8 Å². The van der Waals surface area contributed by atoms with Gasteiger partial charge in [0, 0.05) is 19.0 Å². The lowest BCUT2D eigenvalue weighted by Gasteiger charge is -2.04. The molecule has 0 radical (unpaired) electrons. The summed E-state index contributed by atoms with van der Waals surface area (Å²) in [5.41, 5.74) is 4.95. The van der Waals surface area contributed by atoms with Crippen molar-refractivity contribution in [1.29, 1.82) is 0 Å². The Kier molecular flexibility index (Phi) is 4.39. The molecule has 0 unspecified atom stereocenters. The number of carbonyl (C=O) groups excluding carboxylic acids is 2. The number of primary amides is 1. The van der Waals surface area contributed by atoms with Crippen LogP contribution < -0.4 is 16.4 Å². The summed E-state index contributed by atoms with van der Waals surface area (Å²) in [7, 11) is 0. The van der Waals surface area contributed by atoms with Crippen LogP contribution in [0.2, 0.25) is 0 Å². The molecule has 0 bridgehead atoms. The highest BCUT2D eigenvalue weighted by Gasteiger charge is 2.20. The standard InChI is InChI=1S/C9H17N3O2/c10-8(13)2-1-5-11-9(14)6-12-7-3-4-7/h7,12H,1-6H2,(H2,10,13)(H,11,14). The fraction of sp³-hybridized carbons (Fsp3) is 0.778. The molecule has 5 nitrogen and oxygen atoms in total. The van der Waals surface area contributed by atoms with E-state index in [0.717, 1.165) is 0 Å². The van der Waals surface area contributed by atoms with Gasteiger partial charge >= 0.3 is 0 Å². The first-order valence-electron chi connectivity index (χ1n) is 4.97. The summed E-state index contributed by atoms with van der Waals surface area (Å²) in [6.07, 6.45) is 3.30. The van der Waals surface area contributed by atoms with E-state index in [-0.39, 0.29) is 11.8 Å². The minimum Gasteiger partial charge on any atom is -0.370 e. The van der Waals surface area contributed by atoms with Gasteiger partial charge in [-0.2, -0.15) is 0 Å². The van der Waals surface area contributed by atoms with Gasteiger partial charge in [-0.15, -0.1) is 0 Å². The third-order valence-electron chi connectivity index (χ3n) is 2.05. The predicted octanol–water partition coefficient (Wildman–Crippen LogP) is -0.880. The second-order valence-corrected chi connectivity index (χ2v) is 3.57.